The lowest BCUT2D eigenvalue weighted by atomic mass is 10.0. The van der Waals surface area contributed by atoms with Crippen molar-refractivity contribution in [2.24, 2.45) is 0 Å². The van der Waals surface area contributed by atoms with Gasteiger partial charge in [-0.3, -0.25) is 10.3 Å². The molecule has 0 aliphatic carbocycles. The Bertz CT molecular complexity index is 658. The normalized spacial score (nSPS) is 18.1. The molecule has 0 unspecified atom stereocenters. The summed E-state index contributed by atoms with van der Waals surface area (Å²) in [4.78, 5) is 13.8. The summed E-state index contributed by atoms with van der Waals surface area (Å²) in [5, 5.41) is 10.7. The van der Waals surface area contributed by atoms with Crippen molar-refractivity contribution < 1.29 is 19.5 Å². The minimum atomic E-state index is -0.467. The van der Waals surface area contributed by atoms with Gasteiger partial charge >= 0.3 is 6.09 Å². The number of hydroxylamine groups is 2. The van der Waals surface area contributed by atoms with Crippen LogP contribution in [0.2, 0.25) is 0 Å². The van der Waals surface area contributed by atoms with Gasteiger partial charge in [0.25, 0.3) is 0 Å². The van der Waals surface area contributed by atoms with Crippen LogP contribution in [0, 0.1) is 0 Å². The van der Waals surface area contributed by atoms with Crippen LogP contribution in [0.3, 0.4) is 0 Å². The summed E-state index contributed by atoms with van der Waals surface area (Å²) >= 11 is 0. The molecule has 1 amide bonds. The molecule has 6 nitrogen and oxygen atoms in total. The van der Waals surface area contributed by atoms with Gasteiger partial charge in [0.1, 0.15) is 17.5 Å². The fraction of sp³-hybridized carbons (Fsp3) is 0.526. The molecule has 25 heavy (non-hydrogen) atoms. The van der Waals surface area contributed by atoms with E-state index in [9.17, 15) is 10.0 Å². The van der Waals surface area contributed by atoms with E-state index in [1.54, 1.807) is 11.1 Å². The van der Waals surface area contributed by atoms with Crippen LogP contribution in [0.4, 0.5) is 4.79 Å². The Balaban J connectivity index is 1.53. The summed E-state index contributed by atoms with van der Waals surface area (Å²) in [6, 6.07) is 5.92. The van der Waals surface area contributed by atoms with Crippen LogP contribution in [-0.2, 0) is 11.3 Å². The monoisotopic (exact) mass is 346 g/mol. The number of carbonyl (C=O) groups is 1. The fourth-order valence-electron chi connectivity index (χ4n) is 3.01. The third kappa shape index (κ3) is 4.66. The number of piperidine rings is 1. The predicted molar refractivity (Wildman–Crippen MR) is 94.3 cm³/mol. The number of hydrogen-bond acceptors (Lipinski definition) is 5. The van der Waals surface area contributed by atoms with Gasteiger partial charge in [0, 0.05) is 32.1 Å². The van der Waals surface area contributed by atoms with Crippen molar-refractivity contribution in [2.75, 3.05) is 13.1 Å². The first kappa shape index (κ1) is 17.6. The lowest BCUT2D eigenvalue weighted by Gasteiger charge is -2.33. The molecule has 0 spiro atoms. The maximum Gasteiger partial charge on any atom is 0.410 e. The highest BCUT2D eigenvalue weighted by Crippen LogP contribution is 2.26. The first-order valence-electron chi connectivity index (χ1n) is 8.71. The zero-order valence-corrected chi connectivity index (χ0v) is 15.1. The molecule has 1 N–H and O–H groups in total. The molecule has 0 atom stereocenters. The van der Waals surface area contributed by atoms with E-state index in [2.05, 4.69) is 0 Å². The van der Waals surface area contributed by atoms with Gasteiger partial charge in [-0.1, -0.05) is 6.07 Å². The van der Waals surface area contributed by atoms with Crippen LogP contribution in [-0.4, -0.2) is 46.1 Å². The van der Waals surface area contributed by atoms with Crippen molar-refractivity contribution in [2.45, 2.75) is 51.9 Å². The minimum Gasteiger partial charge on any atom is -0.490 e. The number of benzene rings is 1. The molecule has 1 saturated heterocycles. The lowest BCUT2D eigenvalue weighted by Crippen LogP contribution is -2.44. The highest BCUT2D eigenvalue weighted by molar-refractivity contribution is 5.68. The maximum atomic E-state index is 12.1. The molecule has 2 aliphatic rings. The first-order valence-corrected chi connectivity index (χ1v) is 8.71. The largest absolute Gasteiger partial charge is 0.490 e. The molecule has 0 radical (unpaired) electrons. The summed E-state index contributed by atoms with van der Waals surface area (Å²) in [6.45, 7) is 7.40. The summed E-state index contributed by atoms with van der Waals surface area (Å²) in [7, 11) is 0. The molecular weight excluding hydrogens is 320 g/mol. The molecule has 2 heterocycles. The average Bonchev–Trinajstić information content (AvgIpc) is 2.54. The Morgan fingerprint density at radius 2 is 1.96 bits per heavy atom. The van der Waals surface area contributed by atoms with Crippen LogP contribution < -0.4 is 4.74 Å². The molecule has 0 bridgehead atoms. The highest BCUT2D eigenvalue weighted by atomic mass is 16.6. The van der Waals surface area contributed by atoms with E-state index in [0.29, 0.717) is 19.6 Å². The van der Waals surface area contributed by atoms with E-state index < -0.39 is 5.60 Å². The van der Waals surface area contributed by atoms with Gasteiger partial charge in [-0.15, -0.1) is 0 Å². The third-order valence-corrected chi connectivity index (χ3v) is 4.27. The molecule has 0 aromatic heterocycles. The van der Waals surface area contributed by atoms with Gasteiger partial charge in [-0.25, -0.2) is 4.79 Å². The molecule has 6 heteroatoms. The second-order valence-corrected chi connectivity index (χ2v) is 7.56. The van der Waals surface area contributed by atoms with E-state index in [0.717, 1.165) is 34.8 Å². The molecule has 1 fully saturated rings. The standard InChI is InChI=1S/C19H26N2O4/c1-19(2,3)25-18(22)20-9-7-16(8-10-20)24-17-5-4-15-13-21(23)11-6-14(15)12-17/h4-6,11-12,16,23H,7-10,13H2,1-3H3. The molecule has 1 aromatic carbocycles. The van der Waals surface area contributed by atoms with Crippen LogP contribution in [0.25, 0.3) is 6.08 Å². The van der Waals surface area contributed by atoms with Gasteiger partial charge in [0.2, 0.25) is 0 Å². The number of nitrogens with zero attached hydrogens (tertiary/aromatic N) is 2. The van der Waals surface area contributed by atoms with Gasteiger partial charge in [0.15, 0.2) is 0 Å². The van der Waals surface area contributed by atoms with Gasteiger partial charge in [-0.2, -0.15) is 0 Å². The van der Waals surface area contributed by atoms with Crippen molar-refractivity contribution in [3.05, 3.63) is 35.5 Å². The van der Waals surface area contributed by atoms with E-state index in [-0.39, 0.29) is 12.2 Å². The Morgan fingerprint density at radius 1 is 1.24 bits per heavy atom. The smallest absolute Gasteiger partial charge is 0.410 e. The van der Waals surface area contributed by atoms with Crippen molar-refractivity contribution >= 4 is 12.2 Å². The second-order valence-electron chi connectivity index (χ2n) is 7.56. The van der Waals surface area contributed by atoms with Crippen LogP contribution in [0.1, 0.15) is 44.7 Å². The topological polar surface area (TPSA) is 62.2 Å². The number of carbonyl (C=O) groups excluding carboxylic acids is 1. The van der Waals surface area contributed by atoms with Gasteiger partial charge in [-0.05, 0) is 50.1 Å². The Labute approximate surface area is 148 Å². The summed E-state index contributed by atoms with van der Waals surface area (Å²) in [5.74, 6) is 0.825. The van der Waals surface area contributed by atoms with Crippen LogP contribution >= 0.6 is 0 Å². The predicted octanol–water partition coefficient (Wildman–Crippen LogP) is 3.64. The highest BCUT2D eigenvalue weighted by Gasteiger charge is 2.27. The molecule has 136 valence electrons. The number of hydrogen-bond donors (Lipinski definition) is 1. The van der Waals surface area contributed by atoms with Crippen molar-refractivity contribution in [3.63, 3.8) is 0 Å². The summed E-state index contributed by atoms with van der Waals surface area (Å²) < 4.78 is 11.5. The second kappa shape index (κ2) is 6.96. The average molecular weight is 346 g/mol. The summed E-state index contributed by atoms with van der Waals surface area (Å²) in [5.41, 5.74) is 1.66. The lowest BCUT2D eigenvalue weighted by molar-refractivity contribution is -0.0495. The Hall–Kier alpha value is -2.21. The van der Waals surface area contributed by atoms with Gasteiger partial charge in [0.05, 0.1) is 6.54 Å². The van der Waals surface area contributed by atoms with Crippen LogP contribution in [0.15, 0.2) is 24.4 Å². The maximum absolute atomic E-state index is 12.1. The van der Waals surface area contributed by atoms with E-state index in [4.69, 9.17) is 9.47 Å². The van der Waals surface area contributed by atoms with E-state index in [1.807, 2.05) is 45.0 Å². The first-order chi connectivity index (χ1) is 11.8. The Morgan fingerprint density at radius 3 is 2.64 bits per heavy atom. The number of ether oxygens (including phenoxy) is 2. The SMILES string of the molecule is CC(C)(C)OC(=O)N1CCC(Oc2ccc3c(c2)C=CN(O)C3)CC1. The molecule has 0 saturated carbocycles. The molecule has 1 aromatic rings. The Kier molecular flexibility index (Phi) is 4.90. The third-order valence-electron chi connectivity index (χ3n) is 4.27. The van der Waals surface area contributed by atoms with Crippen LogP contribution in [0.5, 0.6) is 5.75 Å². The van der Waals surface area contributed by atoms with Crippen molar-refractivity contribution in [1.82, 2.24) is 9.96 Å². The molecule has 3 rings (SSSR count). The zero-order chi connectivity index (χ0) is 18.0. The number of rotatable bonds is 2. The zero-order valence-electron chi connectivity index (χ0n) is 15.1. The van der Waals surface area contributed by atoms with Gasteiger partial charge < -0.3 is 14.4 Å². The fourth-order valence-corrected chi connectivity index (χ4v) is 3.01. The van der Waals surface area contributed by atoms with E-state index >= 15 is 0 Å². The summed E-state index contributed by atoms with van der Waals surface area (Å²) in [6.07, 6.45) is 4.94. The number of amides is 1. The number of likely N-dealkylation sites (tertiary alicyclic amines) is 1. The molecule has 2 aliphatic heterocycles. The van der Waals surface area contributed by atoms with Crippen molar-refractivity contribution in [3.8, 4) is 5.75 Å². The van der Waals surface area contributed by atoms with E-state index in [1.165, 1.54) is 0 Å². The molecular formula is C19H26N2O4. The minimum absolute atomic E-state index is 0.0960. The quantitative estimate of drug-likeness (QED) is 0.886. The van der Waals surface area contributed by atoms with Crippen molar-refractivity contribution in [1.29, 1.82) is 0 Å². The number of fused-ring (bicyclic) bond motifs is 1.